The van der Waals surface area contributed by atoms with E-state index in [1.807, 2.05) is 0 Å². The third-order valence-corrected chi connectivity index (χ3v) is 9.64. The van der Waals surface area contributed by atoms with Crippen LogP contribution in [0.25, 0.3) is 0 Å². The Morgan fingerprint density at radius 3 is 1.55 bits per heavy atom. The van der Waals surface area contributed by atoms with Crippen LogP contribution in [0.1, 0.15) is 12.8 Å². The molecule has 2 heterocycles. The molecule has 2 aliphatic heterocycles. The van der Waals surface area contributed by atoms with Crippen molar-refractivity contribution in [1.29, 1.82) is 0 Å². The smallest absolute Gasteiger partial charge is 0.269 e. The zero-order valence-corrected chi connectivity index (χ0v) is 28.3. The summed E-state index contributed by atoms with van der Waals surface area (Å²) >= 11 is 13.2. The van der Waals surface area contributed by atoms with Crippen LogP contribution >= 0.6 is 63.7 Å². The second kappa shape index (κ2) is 13.1. The topological polar surface area (TPSA) is 201 Å². The summed E-state index contributed by atoms with van der Waals surface area (Å²) < 4.78 is 12.1. The van der Waals surface area contributed by atoms with Crippen LogP contribution in [0.2, 0.25) is 0 Å². The fourth-order valence-corrected chi connectivity index (χ4v) is 8.09. The standard InChI is InChI=1S/C24H26Br4N4O10/c1-39-17-9(25)3-23(19(35)15(17)27)5-11(31-41-23)21(37)29-7-13(33)14(34)8-30-22(38)12-6-24(42-32-12)4-10(26)18(40-2)16(28)20(24)36/h3-4,13-14,19-20,33-36H,5-8H2,1-2H3,(H,29,37)(H,30,38)/t13-,14+,19-,20+,23+,24-. The van der Waals surface area contributed by atoms with Gasteiger partial charge in [0.1, 0.15) is 35.1 Å². The molecule has 42 heavy (non-hydrogen) atoms. The number of carbonyl (C=O) groups excluding carboxylic acids is 2. The monoisotopic (exact) mass is 846 g/mol. The summed E-state index contributed by atoms with van der Waals surface area (Å²) in [6.07, 6.45) is -2.40. The van der Waals surface area contributed by atoms with Gasteiger partial charge in [-0.05, 0) is 75.9 Å². The fraction of sp³-hybridized carbons (Fsp3) is 0.500. The Labute approximate surface area is 273 Å². The zero-order valence-electron chi connectivity index (χ0n) is 21.9. The minimum Gasteiger partial charge on any atom is -0.495 e. The highest BCUT2D eigenvalue weighted by molar-refractivity contribution is 9.12. The van der Waals surface area contributed by atoms with E-state index in [1.54, 1.807) is 12.2 Å². The largest absolute Gasteiger partial charge is 0.495 e. The number of nitrogens with one attached hydrogen (secondary N) is 2. The third-order valence-electron chi connectivity index (χ3n) is 6.87. The van der Waals surface area contributed by atoms with Gasteiger partial charge in [0, 0.05) is 25.9 Å². The van der Waals surface area contributed by atoms with E-state index in [0.717, 1.165) is 0 Å². The molecule has 14 nitrogen and oxygen atoms in total. The van der Waals surface area contributed by atoms with Crippen LogP contribution in [0.15, 0.2) is 51.9 Å². The molecule has 0 saturated carbocycles. The van der Waals surface area contributed by atoms with Crippen LogP contribution in [-0.2, 0) is 28.7 Å². The van der Waals surface area contributed by atoms with Crippen molar-refractivity contribution in [3.63, 3.8) is 0 Å². The highest BCUT2D eigenvalue weighted by atomic mass is 79.9. The molecule has 2 spiro atoms. The molecule has 0 aromatic rings. The minimum absolute atomic E-state index is 0.0420. The molecular formula is C24H26Br4N4O10. The number of amides is 2. The van der Waals surface area contributed by atoms with E-state index < -0.39 is 47.4 Å². The SMILES string of the molecule is COC1=C(Br)[C@@H](O)[C@]2(C=C1Br)CC(C(=O)NC[C@@H](O)[C@@H](O)CNC(=O)C1=NO[C@]3(C=C(Br)C(OC)=C(Br)[C@@H]3O)C1)=NO2. The first kappa shape index (κ1) is 33.1. The number of aliphatic hydroxyl groups is 4. The molecule has 0 fully saturated rings. The summed E-state index contributed by atoms with van der Waals surface area (Å²) in [5.41, 5.74) is -2.78. The molecule has 230 valence electrons. The average Bonchev–Trinajstić information content (AvgIpc) is 3.58. The highest BCUT2D eigenvalue weighted by Gasteiger charge is 2.52. The Bertz CT molecular complexity index is 1250. The zero-order chi connectivity index (χ0) is 31.0. The molecule has 2 aliphatic carbocycles. The molecule has 6 N–H and O–H groups in total. The number of methoxy groups -OCH3 is 2. The molecule has 0 aromatic heterocycles. The number of aliphatic hydroxyl groups excluding tert-OH is 4. The number of oxime groups is 2. The van der Waals surface area contributed by atoms with Crippen molar-refractivity contribution < 1.29 is 49.2 Å². The van der Waals surface area contributed by atoms with Crippen molar-refractivity contribution in [1.82, 2.24) is 10.6 Å². The minimum atomic E-state index is -1.46. The lowest BCUT2D eigenvalue weighted by atomic mass is 9.87. The Morgan fingerprint density at radius 2 is 1.21 bits per heavy atom. The van der Waals surface area contributed by atoms with Crippen molar-refractivity contribution in [2.75, 3.05) is 27.3 Å². The lowest BCUT2D eigenvalue weighted by molar-refractivity contribution is -0.117. The van der Waals surface area contributed by atoms with E-state index >= 15 is 0 Å². The Morgan fingerprint density at radius 1 is 0.857 bits per heavy atom. The predicted molar refractivity (Wildman–Crippen MR) is 162 cm³/mol. The quantitative estimate of drug-likeness (QED) is 0.193. The number of nitrogens with zero attached hydrogens (tertiary/aromatic N) is 2. The molecule has 0 unspecified atom stereocenters. The van der Waals surface area contributed by atoms with Gasteiger partial charge in [-0.2, -0.15) is 0 Å². The van der Waals surface area contributed by atoms with Gasteiger partial charge in [-0.15, -0.1) is 0 Å². The van der Waals surface area contributed by atoms with Gasteiger partial charge in [0.25, 0.3) is 11.8 Å². The highest BCUT2D eigenvalue weighted by Crippen LogP contribution is 2.45. The molecule has 2 amide bonds. The van der Waals surface area contributed by atoms with Crippen LogP contribution in [0.5, 0.6) is 0 Å². The molecule has 6 atom stereocenters. The molecule has 18 heteroatoms. The molecule has 0 bridgehead atoms. The number of allylic oxidation sites excluding steroid dienone is 2. The number of hydrogen-bond donors (Lipinski definition) is 6. The molecule has 0 aromatic carbocycles. The first-order valence-corrected chi connectivity index (χ1v) is 15.4. The van der Waals surface area contributed by atoms with Crippen LogP contribution in [0, 0.1) is 0 Å². The summed E-state index contributed by atoms with van der Waals surface area (Å²) in [7, 11) is 2.88. The maximum absolute atomic E-state index is 12.7. The molecule has 4 rings (SSSR count). The summed E-state index contributed by atoms with van der Waals surface area (Å²) in [5, 5.41) is 54.6. The molecule has 0 radical (unpaired) electrons. The normalized spacial score (nSPS) is 30.1. The second-order valence-corrected chi connectivity index (χ2v) is 13.0. The van der Waals surface area contributed by atoms with Gasteiger partial charge in [0.05, 0.1) is 44.4 Å². The van der Waals surface area contributed by atoms with Gasteiger partial charge in [-0.1, -0.05) is 10.3 Å². The van der Waals surface area contributed by atoms with E-state index in [2.05, 4.69) is 84.7 Å². The third kappa shape index (κ3) is 6.22. The van der Waals surface area contributed by atoms with Crippen LogP contribution in [0.3, 0.4) is 0 Å². The number of hydrogen-bond acceptors (Lipinski definition) is 12. The van der Waals surface area contributed by atoms with Gasteiger partial charge >= 0.3 is 0 Å². The number of halogens is 4. The van der Waals surface area contributed by atoms with Gasteiger partial charge in [-0.25, -0.2) is 0 Å². The molecular weight excluding hydrogens is 824 g/mol. The first-order chi connectivity index (χ1) is 19.8. The van der Waals surface area contributed by atoms with Crippen LogP contribution < -0.4 is 10.6 Å². The second-order valence-electron chi connectivity index (χ2n) is 9.63. The molecule has 0 saturated heterocycles. The van der Waals surface area contributed by atoms with E-state index in [0.29, 0.717) is 29.4 Å². The Hall–Kier alpha value is -1.80. The van der Waals surface area contributed by atoms with E-state index in [9.17, 15) is 30.0 Å². The van der Waals surface area contributed by atoms with Crippen molar-refractivity contribution in [2.24, 2.45) is 10.3 Å². The lowest BCUT2D eigenvalue weighted by Gasteiger charge is -2.33. The van der Waals surface area contributed by atoms with Gasteiger partial charge in [-0.3, -0.25) is 9.59 Å². The lowest BCUT2D eigenvalue weighted by Crippen LogP contribution is -2.48. The van der Waals surface area contributed by atoms with Crippen LogP contribution in [0.4, 0.5) is 0 Å². The Kier molecular flexibility index (Phi) is 10.3. The number of carbonyl (C=O) groups is 2. The van der Waals surface area contributed by atoms with Crippen molar-refractivity contribution >= 4 is 87.0 Å². The number of ether oxygens (including phenoxy) is 2. The Balaban J connectivity index is 1.24. The predicted octanol–water partition coefficient (Wildman–Crippen LogP) is 0.783. The molecule has 4 aliphatic rings. The van der Waals surface area contributed by atoms with Crippen molar-refractivity contribution in [3.05, 3.63) is 41.6 Å². The summed E-state index contributed by atoms with van der Waals surface area (Å²) in [4.78, 5) is 36.2. The summed E-state index contributed by atoms with van der Waals surface area (Å²) in [5.74, 6) is -0.621. The number of rotatable bonds is 9. The van der Waals surface area contributed by atoms with E-state index in [1.165, 1.54) is 14.2 Å². The van der Waals surface area contributed by atoms with Crippen molar-refractivity contribution in [3.8, 4) is 0 Å². The maximum atomic E-state index is 12.7. The average molecular weight is 850 g/mol. The first-order valence-electron chi connectivity index (χ1n) is 12.2. The summed E-state index contributed by atoms with van der Waals surface area (Å²) in [6, 6.07) is 0. The van der Waals surface area contributed by atoms with Gasteiger partial charge in [0.2, 0.25) is 0 Å². The maximum Gasteiger partial charge on any atom is 0.269 e. The van der Waals surface area contributed by atoms with E-state index in [4.69, 9.17) is 19.1 Å². The summed E-state index contributed by atoms with van der Waals surface area (Å²) in [6.45, 7) is -0.746. The van der Waals surface area contributed by atoms with Crippen molar-refractivity contribution in [2.45, 2.75) is 48.5 Å². The van der Waals surface area contributed by atoms with E-state index in [-0.39, 0.29) is 37.4 Å². The van der Waals surface area contributed by atoms with Gasteiger partial charge < -0.3 is 50.2 Å². The fourth-order valence-electron chi connectivity index (χ4n) is 4.51. The van der Waals surface area contributed by atoms with Crippen LogP contribution in [-0.4, -0.2) is 107 Å². The van der Waals surface area contributed by atoms with Gasteiger partial charge in [0.15, 0.2) is 11.2 Å².